The van der Waals surface area contributed by atoms with Crippen LogP contribution in [0.25, 0.3) is 11.0 Å². The Hall–Kier alpha value is -3.33. The lowest BCUT2D eigenvalue weighted by Gasteiger charge is -2.20. The average molecular weight is 514 g/mol. The summed E-state index contributed by atoms with van der Waals surface area (Å²) in [5, 5.41) is 4.17. The Morgan fingerprint density at radius 2 is 1.69 bits per heavy atom. The first-order valence-corrected chi connectivity index (χ1v) is 13.0. The summed E-state index contributed by atoms with van der Waals surface area (Å²) in [6.07, 6.45) is 6.18. The minimum atomic E-state index is -0.662. The van der Waals surface area contributed by atoms with E-state index in [2.05, 4.69) is 5.32 Å². The van der Waals surface area contributed by atoms with Crippen molar-refractivity contribution in [1.29, 1.82) is 0 Å². The molecule has 1 saturated carbocycles. The van der Waals surface area contributed by atoms with Crippen molar-refractivity contribution in [3.05, 3.63) is 47.7 Å². The third-order valence-corrected chi connectivity index (χ3v) is 7.58. The Labute approximate surface area is 214 Å². The lowest BCUT2D eigenvalue weighted by molar-refractivity contribution is -0.119. The number of para-hydroxylation sites is 1. The molecule has 36 heavy (non-hydrogen) atoms. The highest BCUT2D eigenvalue weighted by Crippen LogP contribution is 2.40. The number of hydrogen-bond acceptors (Lipinski definition) is 8. The van der Waals surface area contributed by atoms with Gasteiger partial charge >= 0.3 is 5.97 Å². The van der Waals surface area contributed by atoms with Crippen molar-refractivity contribution in [2.75, 3.05) is 33.3 Å². The summed E-state index contributed by atoms with van der Waals surface area (Å²) in [7, 11) is 4.47. The molecule has 0 aliphatic heterocycles. The maximum Gasteiger partial charge on any atom is 0.375 e. The van der Waals surface area contributed by atoms with Crippen LogP contribution in [-0.2, 0) is 15.3 Å². The number of amides is 1. The smallest absolute Gasteiger partial charge is 0.375 e. The standard InChI is InChI=1S/C27H31NO7S/c1-31-22-13-17(14-23(32-2)26(22)33-3)28-24(29)15-34-27(30)25-20(16-36-18-9-5-4-6-10-18)19-11-7-8-12-21(19)35-25/h7-8,11-14,18H,4-6,9-10,15-16H2,1-3H3,(H,28,29). The number of methoxy groups -OCH3 is 3. The molecule has 1 aliphatic carbocycles. The van der Waals surface area contributed by atoms with E-state index in [9.17, 15) is 9.59 Å². The van der Waals surface area contributed by atoms with Gasteiger partial charge in [-0.2, -0.15) is 11.8 Å². The Morgan fingerprint density at radius 3 is 2.36 bits per heavy atom. The van der Waals surface area contributed by atoms with E-state index in [-0.39, 0.29) is 5.76 Å². The Kier molecular flexibility index (Phi) is 8.64. The van der Waals surface area contributed by atoms with E-state index in [1.54, 1.807) is 12.1 Å². The number of fused-ring (bicyclic) bond motifs is 1. The second-order valence-corrected chi connectivity index (χ2v) is 9.80. The van der Waals surface area contributed by atoms with E-state index in [0.717, 1.165) is 10.9 Å². The number of furan rings is 1. The number of carbonyl (C=O) groups is 2. The van der Waals surface area contributed by atoms with Gasteiger partial charge in [0.25, 0.3) is 5.91 Å². The maximum absolute atomic E-state index is 13.0. The zero-order valence-corrected chi connectivity index (χ0v) is 21.6. The van der Waals surface area contributed by atoms with Crippen molar-refractivity contribution >= 4 is 40.3 Å². The first-order chi connectivity index (χ1) is 17.5. The molecule has 1 aliphatic rings. The first kappa shape index (κ1) is 25.8. The van der Waals surface area contributed by atoms with Gasteiger partial charge in [-0.1, -0.05) is 37.5 Å². The van der Waals surface area contributed by atoms with Gasteiger partial charge in [-0.25, -0.2) is 4.79 Å². The molecule has 1 heterocycles. The lowest BCUT2D eigenvalue weighted by Crippen LogP contribution is -2.21. The predicted octanol–water partition coefficient (Wildman–Crippen LogP) is 5.82. The Balaban J connectivity index is 1.43. The highest BCUT2D eigenvalue weighted by Gasteiger charge is 2.24. The average Bonchev–Trinajstić information content (AvgIpc) is 3.29. The Morgan fingerprint density at radius 1 is 1.00 bits per heavy atom. The van der Waals surface area contributed by atoms with Crippen LogP contribution in [0.2, 0.25) is 0 Å². The highest BCUT2D eigenvalue weighted by atomic mass is 32.2. The van der Waals surface area contributed by atoms with Crippen molar-refractivity contribution in [2.24, 2.45) is 0 Å². The van der Waals surface area contributed by atoms with Crippen molar-refractivity contribution in [3.63, 3.8) is 0 Å². The summed E-state index contributed by atoms with van der Waals surface area (Å²) < 4.78 is 27.1. The van der Waals surface area contributed by atoms with Crippen LogP contribution in [0.5, 0.6) is 17.2 Å². The molecular weight excluding hydrogens is 482 g/mol. The zero-order chi connectivity index (χ0) is 25.5. The van der Waals surface area contributed by atoms with Crippen molar-refractivity contribution in [1.82, 2.24) is 0 Å². The van der Waals surface area contributed by atoms with E-state index >= 15 is 0 Å². The molecular formula is C27H31NO7S. The fourth-order valence-electron chi connectivity index (χ4n) is 4.39. The quantitative estimate of drug-likeness (QED) is 0.339. The summed E-state index contributed by atoms with van der Waals surface area (Å²) in [6, 6.07) is 10.8. The van der Waals surface area contributed by atoms with Crippen molar-refractivity contribution in [2.45, 2.75) is 43.1 Å². The number of carbonyl (C=O) groups excluding carboxylic acids is 2. The van der Waals surface area contributed by atoms with Crippen LogP contribution in [-0.4, -0.2) is 45.1 Å². The number of rotatable bonds is 10. The monoisotopic (exact) mass is 513 g/mol. The van der Waals surface area contributed by atoms with Gasteiger partial charge in [0.05, 0.1) is 21.3 Å². The van der Waals surface area contributed by atoms with Gasteiger partial charge in [-0.3, -0.25) is 4.79 Å². The summed E-state index contributed by atoms with van der Waals surface area (Å²) in [5.74, 6) is 0.840. The highest BCUT2D eigenvalue weighted by molar-refractivity contribution is 7.99. The topological polar surface area (TPSA) is 96.2 Å². The van der Waals surface area contributed by atoms with Crippen LogP contribution in [0, 0.1) is 0 Å². The predicted molar refractivity (Wildman–Crippen MR) is 139 cm³/mol. The molecule has 4 rings (SSSR count). The minimum Gasteiger partial charge on any atom is -0.493 e. The molecule has 0 saturated heterocycles. The van der Waals surface area contributed by atoms with E-state index in [0.29, 0.717) is 39.5 Å². The molecule has 0 bridgehead atoms. The molecule has 8 nitrogen and oxygen atoms in total. The second-order valence-electron chi connectivity index (χ2n) is 8.52. The van der Waals surface area contributed by atoms with Crippen molar-refractivity contribution < 1.29 is 33.0 Å². The van der Waals surface area contributed by atoms with Crippen LogP contribution >= 0.6 is 11.8 Å². The van der Waals surface area contributed by atoms with Gasteiger partial charge in [0.2, 0.25) is 11.5 Å². The van der Waals surface area contributed by atoms with E-state index in [4.69, 9.17) is 23.4 Å². The maximum atomic E-state index is 13.0. The molecule has 1 amide bonds. The fourth-order valence-corrected chi connectivity index (χ4v) is 5.74. The summed E-state index contributed by atoms with van der Waals surface area (Å²) in [6.45, 7) is -0.470. The van der Waals surface area contributed by atoms with Gasteiger partial charge in [-0.15, -0.1) is 0 Å². The molecule has 0 atom stereocenters. The molecule has 2 aromatic carbocycles. The molecule has 1 fully saturated rings. The van der Waals surface area contributed by atoms with E-state index < -0.39 is 18.5 Å². The first-order valence-electron chi connectivity index (χ1n) is 11.9. The van der Waals surface area contributed by atoms with Crippen LogP contribution in [0.15, 0.2) is 40.8 Å². The molecule has 0 radical (unpaired) electrons. The third-order valence-electron chi connectivity index (χ3n) is 6.18. The fraction of sp³-hybridized carbons (Fsp3) is 0.407. The molecule has 0 unspecified atom stereocenters. The molecule has 9 heteroatoms. The lowest BCUT2D eigenvalue weighted by atomic mass is 10.0. The van der Waals surface area contributed by atoms with Crippen LogP contribution in [0.4, 0.5) is 5.69 Å². The largest absolute Gasteiger partial charge is 0.493 e. The number of thioether (sulfide) groups is 1. The van der Waals surface area contributed by atoms with Gasteiger partial charge < -0.3 is 28.7 Å². The number of nitrogens with one attached hydrogen (secondary N) is 1. The van der Waals surface area contributed by atoms with Crippen molar-refractivity contribution in [3.8, 4) is 17.2 Å². The second kappa shape index (κ2) is 12.1. The molecule has 1 N–H and O–H groups in total. The normalized spacial score (nSPS) is 13.9. The van der Waals surface area contributed by atoms with Gasteiger partial charge in [0.15, 0.2) is 18.1 Å². The summed E-state index contributed by atoms with van der Waals surface area (Å²) >= 11 is 1.86. The van der Waals surface area contributed by atoms with Crippen LogP contribution in [0.3, 0.4) is 0 Å². The summed E-state index contributed by atoms with van der Waals surface area (Å²) in [5.41, 5.74) is 1.86. The number of ether oxygens (including phenoxy) is 4. The SMILES string of the molecule is COc1cc(NC(=O)COC(=O)c2oc3ccccc3c2CSC2CCCCC2)cc(OC)c1OC. The molecule has 3 aromatic rings. The van der Waals surface area contributed by atoms with Gasteiger partial charge in [-0.05, 0) is 18.9 Å². The zero-order valence-electron chi connectivity index (χ0n) is 20.8. The van der Waals surface area contributed by atoms with Gasteiger partial charge in [0, 0.05) is 39.8 Å². The third kappa shape index (κ3) is 5.90. The Bertz CT molecular complexity index is 1190. The van der Waals surface area contributed by atoms with E-state index in [1.807, 2.05) is 36.0 Å². The molecule has 192 valence electrons. The van der Waals surface area contributed by atoms with Crippen LogP contribution < -0.4 is 19.5 Å². The number of benzene rings is 2. The van der Waals surface area contributed by atoms with Crippen LogP contribution in [0.1, 0.15) is 48.2 Å². The number of hydrogen-bond donors (Lipinski definition) is 1. The van der Waals surface area contributed by atoms with E-state index in [1.165, 1.54) is 53.4 Å². The minimum absolute atomic E-state index is 0.153. The number of esters is 1. The summed E-state index contributed by atoms with van der Waals surface area (Å²) in [4.78, 5) is 25.5. The molecule has 1 aromatic heterocycles. The number of anilines is 1. The molecule has 0 spiro atoms. The van der Waals surface area contributed by atoms with Gasteiger partial charge in [0.1, 0.15) is 5.58 Å².